The number of nitrogens with one attached hydrogen (secondary N) is 1. The van der Waals surface area contributed by atoms with Crippen LogP contribution in [0.5, 0.6) is 5.75 Å². The van der Waals surface area contributed by atoms with Gasteiger partial charge in [0.15, 0.2) is 0 Å². The van der Waals surface area contributed by atoms with E-state index in [0.717, 1.165) is 30.6 Å². The summed E-state index contributed by atoms with van der Waals surface area (Å²) in [6.45, 7) is 0.772. The Balaban J connectivity index is 1.99. The molecule has 1 saturated heterocycles. The van der Waals surface area contributed by atoms with E-state index in [4.69, 9.17) is 16.2 Å². The first-order valence-electron chi connectivity index (χ1n) is 7.00. The van der Waals surface area contributed by atoms with E-state index in [1.165, 1.54) is 0 Å². The number of rotatable bonds is 3. The van der Waals surface area contributed by atoms with E-state index in [0.29, 0.717) is 17.1 Å². The molecule has 1 aliphatic rings. The number of phenolic OH excluding ortho intramolecular Hbond substituents is 1. The van der Waals surface area contributed by atoms with Crippen molar-refractivity contribution in [2.45, 2.75) is 18.9 Å². The number of nitrogens with two attached hydrogens (primary N) is 2. The van der Waals surface area contributed by atoms with Crippen molar-refractivity contribution in [2.75, 3.05) is 12.3 Å². The van der Waals surface area contributed by atoms with E-state index in [1.54, 1.807) is 24.3 Å². The third-order valence-corrected chi connectivity index (χ3v) is 3.78. The summed E-state index contributed by atoms with van der Waals surface area (Å²) in [5.74, 6) is 0.706. The first-order valence-corrected chi connectivity index (χ1v) is 7.00. The quantitative estimate of drug-likeness (QED) is 0.697. The number of anilines is 1. The highest BCUT2D eigenvalue weighted by Crippen LogP contribution is 2.35. The number of aromatic nitrogens is 1. The standard InChI is InChI=1S/C16H19N3O2/c17-13(10-4-1-2-5-14(10)20)8-11-12(9-19-16(11)18)15-6-3-7-21-15/h1-2,4-5,8-9,15,19-20H,3,6-7,17-18H2/b13-8-/t15-/m0/s1. The van der Waals surface area contributed by atoms with Crippen molar-refractivity contribution in [3.05, 3.63) is 47.2 Å². The van der Waals surface area contributed by atoms with Crippen LogP contribution < -0.4 is 11.5 Å². The third-order valence-electron chi connectivity index (χ3n) is 3.78. The van der Waals surface area contributed by atoms with Crippen molar-refractivity contribution in [1.82, 2.24) is 4.98 Å². The Labute approximate surface area is 123 Å². The van der Waals surface area contributed by atoms with Gasteiger partial charge in [-0.3, -0.25) is 0 Å². The molecule has 5 heteroatoms. The van der Waals surface area contributed by atoms with Gasteiger partial charge < -0.3 is 26.3 Å². The van der Waals surface area contributed by atoms with Crippen molar-refractivity contribution in [1.29, 1.82) is 0 Å². The van der Waals surface area contributed by atoms with Gasteiger partial charge in [0, 0.05) is 35.2 Å². The van der Waals surface area contributed by atoms with Gasteiger partial charge in [0.05, 0.1) is 6.10 Å². The molecular formula is C16H19N3O2. The molecule has 2 heterocycles. The Hall–Kier alpha value is -2.40. The van der Waals surface area contributed by atoms with Crippen LogP contribution in [0.4, 0.5) is 5.82 Å². The molecule has 1 aromatic heterocycles. The lowest BCUT2D eigenvalue weighted by molar-refractivity contribution is 0.112. The number of hydrogen-bond donors (Lipinski definition) is 4. The number of benzene rings is 1. The first kappa shape index (κ1) is 13.6. The van der Waals surface area contributed by atoms with Crippen LogP contribution >= 0.6 is 0 Å². The molecular weight excluding hydrogens is 266 g/mol. The van der Waals surface area contributed by atoms with Crippen LogP contribution in [-0.4, -0.2) is 16.7 Å². The summed E-state index contributed by atoms with van der Waals surface area (Å²) < 4.78 is 5.71. The maximum absolute atomic E-state index is 9.88. The SMILES string of the molecule is N/C(=C\c1c([C@@H]2CCCO2)c[nH]c1N)c1ccccc1O. The van der Waals surface area contributed by atoms with Gasteiger partial charge >= 0.3 is 0 Å². The molecule has 110 valence electrons. The molecule has 5 nitrogen and oxygen atoms in total. The van der Waals surface area contributed by atoms with Crippen molar-refractivity contribution < 1.29 is 9.84 Å². The van der Waals surface area contributed by atoms with Crippen molar-refractivity contribution in [2.24, 2.45) is 5.73 Å². The zero-order valence-corrected chi connectivity index (χ0v) is 11.7. The Morgan fingerprint density at radius 3 is 2.90 bits per heavy atom. The Morgan fingerprint density at radius 2 is 2.19 bits per heavy atom. The summed E-state index contributed by atoms with van der Waals surface area (Å²) in [6.07, 6.45) is 5.75. The topological polar surface area (TPSA) is 97.3 Å². The largest absolute Gasteiger partial charge is 0.507 e. The van der Waals surface area contributed by atoms with Crippen LogP contribution in [0.2, 0.25) is 0 Å². The number of H-pyrrole nitrogens is 1. The van der Waals surface area contributed by atoms with Crippen LogP contribution in [0.25, 0.3) is 11.8 Å². The molecule has 6 N–H and O–H groups in total. The second-order valence-corrected chi connectivity index (χ2v) is 5.19. The van der Waals surface area contributed by atoms with E-state index in [-0.39, 0.29) is 11.9 Å². The van der Waals surface area contributed by atoms with Crippen LogP contribution in [0.15, 0.2) is 30.5 Å². The minimum absolute atomic E-state index is 0.0574. The van der Waals surface area contributed by atoms with E-state index in [9.17, 15) is 5.11 Å². The summed E-state index contributed by atoms with van der Waals surface area (Å²) in [6, 6.07) is 6.97. The molecule has 1 fully saturated rings. The number of para-hydroxylation sites is 1. The predicted octanol–water partition coefficient (Wildman–Crippen LogP) is 2.61. The molecule has 1 aromatic carbocycles. The fourth-order valence-electron chi connectivity index (χ4n) is 2.67. The first-order chi connectivity index (χ1) is 10.2. The van der Waals surface area contributed by atoms with Crippen LogP contribution in [0, 0.1) is 0 Å². The second kappa shape index (κ2) is 5.54. The molecule has 0 amide bonds. The summed E-state index contributed by atoms with van der Waals surface area (Å²) in [5, 5.41) is 9.88. The lowest BCUT2D eigenvalue weighted by atomic mass is 10.0. The zero-order valence-electron chi connectivity index (χ0n) is 11.7. The van der Waals surface area contributed by atoms with Crippen molar-refractivity contribution in [3.8, 4) is 5.75 Å². The molecule has 1 aliphatic heterocycles. The molecule has 2 aromatic rings. The molecule has 1 atom stereocenters. The van der Waals surface area contributed by atoms with Gasteiger partial charge in [0.2, 0.25) is 0 Å². The summed E-state index contributed by atoms with van der Waals surface area (Å²) in [7, 11) is 0. The maximum atomic E-state index is 9.88. The van der Waals surface area contributed by atoms with Gasteiger partial charge in [-0.1, -0.05) is 12.1 Å². The molecule has 0 radical (unpaired) electrons. The van der Waals surface area contributed by atoms with Gasteiger partial charge in [-0.05, 0) is 31.1 Å². The fourth-order valence-corrected chi connectivity index (χ4v) is 2.67. The van der Waals surface area contributed by atoms with Gasteiger partial charge in [-0.15, -0.1) is 0 Å². The number of nitrogen functional groups attached to an aromatic ring is 1. The average Bonchev–Trinajstić information content (AvgIpc) is 3.10. The molecule has 3 rings (SSSR count). The number of ether oxygens (including phenoxy) is 1. The minimum Gasteiger partial charge on any atom is -0.507 e. The Kier molecular flexibility index (Phi) is 3.58. The molecule has 0 spiro atoms. The highest BCUT2D eigenvalue weighted by atomic mass is 16.5. The van der Waals surface area contributed by atoms with E-state index < -0.39 is 0 Å². The van der Waals surface area contributed by atoms with Gasteiger partial charge in [0.25, 0.3) is 0 Å². The summed E-state index contributed by atoms with van der Waals surface area (Å²) in [4.78, 5) is 3.02. The van der Waals surface area contributed by atoms with Crippen molar-refractivity contribution >= 4 is 17.6 Å². The molecule has 21 heavy (non-hydrogen) atoms. The Bertz CT molecular complexity index is 670. The van der Waals surface area contributed by atoms with E-state index >= 15 is 0 Å². The number of hydrogen-bond acceptors (Lipinski definition) is 4. The van der Waals surface area contributed by atoms with E-state index in [2.05, 4.69) is 4.98 Å². The summed E-state index contributed by atoms with van der Waals surface area (Å²) in [5.41, 5.74) is 15.0. The lowest BCUT2D eigenvalue weighted by Gasteiger charge is -2.10. The van der Waals surface area contributed by atoms with Gasteiger partial charge in [-0.25, -0.2) is 0 Å². The molecule has 0 bridgehead atoms. The van der Waals surface area contributed by atoms with E-state index in [1.807, 2.05) is 12.3 Å². The number of phenols is 1. The minimum atomic E-state index is 0.0574. The zero-order chi connectivity index (χ0) is 14.8. The van der Waals surface area contributed by atoms with Crippen LogP contribution in [0.3, 0.4) is 0 Å². The fraction of sp³-hybridized carbons (Fsp3) is 0.250. The van der Waals surface area contributed by atoms with Crippen molar-refractivity contribution in [3.63, 3.8) is 0 Å². The highest BCUT2D eigenvalue weighted by Gasteiger charge is 2.22. The molecule has 0 saturated carbocycles. The lowest BCUT2D eigenvalue weighted by Crippen LogP contribution is -2.00. The van der Waals surface area contributed by atoms with Crippen LogP contribution in [-0.2, 0) is 4.74 Å². The van der Waals surface area contributed by atoms with Gasteiger partial charge in [0.1, 0.15) is 11.6 Å². The van der Waals surface area contributed by atoms with Crippen LogP contribution in [0.1, 0.15) is 35.6 Å². The number of aromatic amines is 1. The number of aromatic hydroxyl groups is 1. The summed E-state index contributed by atoms with van der Waals surface area (Å²) >= 11 is 0. The monoisotopic (exact) mass is 285 g/mol. The highest BCUT2D eigenvalue weighted by molar-refractivity contribution is 5.85. The smallest absolute Gasteiger partial charge is 0.124 e. The molecule has 0 aliphatic carbocycles. The second-order valence-electron chi connectivity index (χ2n) is 5.19. The maximum Gasteiger partial charge on any atom is 0.124 e. The average molecular weight is 285 g/mol. The predicted molar refractivity (Wildman–Crippen MR) is 83.3 cm³/mol. The van der Waals surface area contributed by atoms with Gasteiger partial charge in [-0.2, -0.15) is 0 Å². The molecule has 0 unspecified atom stereocenters. The Morgan fingerprint density at radius 1 is 1.38 bits per heavy atom. The normalized spacial score (nSPS) is 19.0. The third kappa shape index (κ3) is 2.60.